The van der Waals surface area contributed by atoms with E-state index in [0.29, 0.717) is 13.1 Å². The first-order valence-electron chi connectivity index (χ1n) is 7.33. The molecule has 0 saturated carbocycles. The van der Waals surface area contributed by atoms with E-state index in [-0.39, 0.29) is 11.8 Å². The summed E-state index contributed by atoms with van der Waals surface area (Å²) < 4.78 is 26.8. The van der Waals surface area contributed by atoms with Gasteiger partial charge in [-0.25, -0.2) is 8.42 Å². The van der Waals surface area contributed by atoms with Crippen LogP contribution in [-0.4, -0.2) is 57.4 Å². The lowest BCUT2D eigenvalue weighted by atomic mass is 10.1. The lowest BCUT2D eigenvalue weighted by Crippen LogP contribution is -2.52. The van der Waals surface area contributed by atoms with E-state index in [2.05, 4.69) is 17.1 Å². The summed E-state index contributed by atoms with van der Waals surface area (Å²) in [6.45, 7) is 4.77. The summed E-state index contributed by atoms with van der Waals surface area (Å²) in [4.78, 5) is 2.19. The van der Waals surface area contributed by atoms with Gasteiger partial charge in [-0.05, 0) is 32.1 Å². The third kappa shape index (κ3) is 4.26. The third-order valence-corrected chi connectivity index (χ3v) is 5.85. The van der Waals surface area contributed by atoms with Crippen molar-refractivity contribution in [2.24, 2.45) is 0 Å². The monoisotopic (exact) mass is 311 g/mol. The molecular weight excluding hydrogens is 286 g/mol. The van der Waals surface area contributed by atoms with Gasteiger partial charge in [0.2, 0.25) is 10.0 Å². The molecule has 1 aliphatic heterocycles. The number of piperazine rings is 1. The van der Waals surface area contributed by atoms with Crippen LogP contribution in [0, 0.1) is 0 Å². The van der Waals surface area contributed by atoms with Gasteiger partial charge >= 0.3 is 0 Å². The van der Waals surface area contributed by atoms with Crippen molar-refractivity contribution >= 4 is 10.0 Å². The van der Waals surface area contributed by atoms with Gasteiger partial charge in [-0.2, -0.15) is 4.31 Å². The largest absolute Gasteiger partial charge is 0.316 e. The van der Waals surface area contributed by atoms with E-state index in [1.54, 1.807) is 4.31 Å². The smallest absolute Gasteiger partial charge is 0.218 e. The molecule has 0 aliphatic carbocycles. The number of hydrogen-bond donors (Lipinski definition) is 1. The molecule has 0 aromatic heterocycles. The fourth-order valence-corrected chi connectivity index (χ4v) is 4.19. The standard InChI is InChI=1S/C15H25N3O2S/c1-13-11-18(8-7-17(13)3)21(19,20)12-15-6-4-5-14(9-15)10-16-2/h4-6,9,13,16H,7-8,10-12H2,1-3H3. The minimum Gasteiger partial charge on any atom is -0.316 e. The summed E-state index contributed by atoms with van der Waals surface area (Å²) in [6, 6.07) is 8.04. The van der Waals surface area contributed by atoms with Crippen molar-refractivity contribution in [3.8, 4) is 0 Å². The zero-order valence-corrected chi connectivity index (χ0v) is 13.9. The van der Waals surface area contributed by atoms with Crippen LogP contribution < -0.4 is 5.32 Å². The number of nitrogens with one attached hydrogen (secondary N) is 1. The Morgan fingerprint density at radius 2 is 2.00 bits per heavy atom. The number of rotatable bonds is 5. The molecule has 1 heterocycles. The molecule has 1 fully saturated rings. The maximum absolute atomic E-state index is 12.6. The first-order valence-corrected chi connectivity index (χ1v) is 8.94. The maximum Gasteiger partial charge on any atom is 0.218 e. The van der Waals surface area contributed by atoms with Crippen LogP contribution in [0.15, 0.2) is 24.3 Å². The molecule has 118 valence electrons. The van der Waals surface area contributed by atoms with Gasteiger partial charge in [0.15, 0.2) is 0 Å². The summed E-state index contributed by atoms with van der Waals surface area (Å²) in [5, 5.41) is 3.08. The second kappa shape index (κ2) is 6.87. The van der Waals surface area contributed by atoms with E-state index in [1.807, 2.05) is 38.4 Å². The van der Waals surface area contributed by atoms with Crippen molar-refractivity contribution in [2.45, 2.75) is 25.3 Å². The van der Waals surface area contributed by atoms with Gasteiger partial charge in [0.25, 0.3) is 0 Å². The van der Waals surface area contributed by atoms with Crippen molar-refractivity contribution in [1.29, 1.82) is 0 Å². The molecule has 1 saturated heterocycles. The zero-order chi connectivity index (χ0) is 15.5. The Morgan fingerprint density at radius 3 is 2.67 bits per heavy atom. The molecule has 1 aromatic rings. The van der Waals surface area contributed by atoms with Crippen LogP contribution >= 0.6 is 0 Å². The van der Waals surface area contributed by atoms with Crippen molar-refractivity contribution < 1.29 is 8.42 Å². The summed E-state index contributed by atoms with van der Waals surface area (Å²) in [5.74, 6) is 0.0843. The molecule has 0 bridgehead atoms. The molecule has 1 aromatic carbocycles. The fraction of sp³-hybridized carbons (Fsp3) is 0.600. The van der Waals surface area contributed by atoms with Crippen LogP contribution in [0.3, 0.4) is 0 Å². The fourth-order valence-electron chi connectivity index (χ4n) is 2.60. The van der Waals surface area contributed by atoms with Crippen molar-refractivity contribution in [3.63, 3.8) is 0 Å². The molecule has 0 amide bonds. The van der Waals surface area contributed by atoms with Gasteiger partial charge in [-0.3, -0.25) is 0 Å². The van der Waals surface area contributed by atoms with Crippen molar-refractivity contribution in [2.75, 3.05) is 33.7 Å². The highest BCUT2D eigenvalue weighted by Crippen LogP contribution is 2.16. The predicted molar refractivity (Wildman–Crippen MR) is 85.5 cm³/mol. The highest BCUT2D eigenvalue weighted by Gasteiger charge is 2.29. The van der Waals surface area contributed by atoms with Crippen LogP contribution in [0.25, 0.3) is 0 Å². The highest BCUT2D eigenvalue weighted by atomic mass is 32.2. The number of sulfonamides is 1. The molecule has 21 heavy (non-hydrogen) atoms. The Kier molecular flexibility index (Phi) is 5.37. The molecular formula is C15H25N3O2S. The summed E-state index contributed by atoms with van der Waals surface area (Å²) in [7, 11) is 0.683. The average Bonchev–Trinajstić information content (AvgIpc) is 2.42. The normalized spacial score (nSPS) is 21.6. The minimum atomic E-state index is -3.24. The van der Waals surface area contributed by atoms with E-state index in [0.717, 1.165) is 24.2 Å². The number of hydrogen-bond acceptors (Lipinski definition) is 4. The van der Waals surface area contributed by atoms with Crippen LogP contribution in [0.5, 0.6) is 0 Å². The summed E-state index contributed by atoms with van der Waals surface area (Å²) in [6.07, 6.45) is 0. The van der Waals surface area contributed by atoms with Crippen molar-refractivity contribution in [1.82, 2.24) is 14.5 Å². The van der Waals surface area contributed by atoms with Crippen LogP contribution in [0.4, 0.5) is 0 Å². The molecule has 1 N–H and O–H groups in total. The minimum absolute atomic E-state index is 0.0843. The first-order chi connectivity index (χ1) is 9.92. The van der Waals surface area contributed by atoms with Gasteiger partial charge in [0.05, 0.1) is 5.75 Å². The SMILES string of the molecule is CNCc1cccc(CS(=O)(=O)N2CCN(C)C(C)C2)c1. The van der Waals surface area contributed by atoms with Crippen LogP contribution in [0.2, 0.25) is 0 Å². The van der Waals surface area contributed by atoms with Crippen LogP contribution in [0.1, 0.15) is 18.1 Å². The maximum atomic E-state index is 12.6. The van der Waals surface area contributed by atoms with Gasteiger partial charge in [-0.1, -0.05) is 24.3 Å². The molecule has 1 aliphatic rings. The lowest BCUT2D eigenvalue weighted by Gasteiger charge is -2.36. The summed E-state index contributed by atoms with van der Waals surface area (Å²) in [5.41, 5.74) is 1.96. The number of likely N-dealkylation sites (N-methyl/N-ethyl adjacent to an activating group) is 1. The Balaban J connectivity index is 2.08. The van der Waals surface area contributed by atoms with E-state index in [9.17, 15) is 8.42 Å². The van der Waals surface area contributed by atoms with E-state index < -0.39 is 10.0 Å². The first kappa shape index (κ1) is 16.4. The number of nitrogens with zero attached hydrogens (tertiary/aromatic N) is 2. The van der Waals surface area contributed by atoms with E-state index >= 15 is 0 Å². The molecule has 6 heteroatoms. The molecule has 2 rings (SSSR count). The van der Waals surface area contributed by atoms with Gasteiger partial charge < -0.3 is 10.2 Å². The Hall–Kier alpha value is -0.950. The quantitative estimate of drug-likeness (QED) is 0.877. The number of benzene rings is 1. The van der Waals surface area contributed by atoms with Crippen molar-refractivity contribution in [3.05, 3.63) is 35.4 Å². The van der Waals surface area contributed by atoms with Gasteiger partial charge in [0.1, 0.15) is 0 Å². The lowest BCUT2D eigenvalue weighted by molar-refractivity contribution is 0.159. The second-order valence-electron chi connectivity index (χ2n) is 5.79. The predicted octanol–water partition coefficient (Wildman–Crippen LogP) is 0.872. The zero-order valence-electron chi connectivity index (χ0n) is 13.0. The van der Waals surface area contributed by atoms with Gasteiger partial charge in [0, 0.05) is 32.2 Å². The van der Waals surface area contributed by atoms with E-state index in [4.69, 9.17) is 0 Å². The summed E-state index contributed by atoms with van der Waals surface area (Å²) >= 11 is 0. The molecule has 5 nitrogen and oxygen atoms in total. The third-order valence-electron chi connectivity index (χ3n) is 4.04. The van der Waals surface area contributed by atoms with Gasteiger partial charge in [-0.15, -0.1) is 0 Å². The van der Waals surface area contributed by atoms with Crippen LogP contribution in [-0.2, 0) is 22.3 Å². The average molecular weight is 311 g/mol. The second-order valence-corrected chi connectivity index (χ2v) is 7.76. The topological polar surface area (TPSA) is 52.7 Å². The molecule has 0 radical (unpaired) electrons. The highest BCUT2D eigenvalue weighted by molar-refractivity contribution is 7.88. The Labute approximate surface area is 128 Å². The Morgan fingerprint density at radius 1 is 1.29 bits per heavy atom. The molecule has 1 atom stereocenters. The molecule has 1 unspecified atom stereocenters. The van der Waals surface area contributed by atoms with E-state index in [1.165, 1.54) is 0 Å². The Bertz CT molecular complexity index is 574. The molecule has 0 spiro atoms.